The summed E-state index contributed by atoms with van der Waals surface area (Å²) in [6.45, 7) is 9.92. The molecule has 1 fully saturated rings. The summed E-state index contributed by atoms with van der Waals surface area (Å²) in [4.78, 5) is 14.4. The monoisotopic (exact) mass is 274 g/mol. The Labute approximate surface area is 122 Å². The van der Waals surface area contributed by atoms with Crippen molar-refractivity contribution in [2.75, 3.05) is 26.2 Å². The third-order valence-electron chi connectivity index (χ3n) is 4.36. The zero-order chi connectivity index (χ0) is 14.5. The van der Waals surface area contributed by atoms with Crippen molar-refractivity contribution in [3.8, 4) is 0 Å². The van der Waals surface area contributed by atoms with Crippen LogP contribution in [0.5, 0.6) is 0 Å². The molecule has 1 aromatic carbocycles. The molecule has 110 valence electrons. The van der Waals surface area contributed by atoms with E-state index in [2.05, 4.69) is 24.4 Å². The van der Waals surface area contributed by atoms with Crippen LogP contribution in [0, 0.1) is 6.92 Å². The predicted octanol–water partition coefficient (Wildman–Crippen LogP) is 2.94. The van der Waals surface area contributed by atoms with Crippen LogP contribution in [0.1, 0.15) is 54.1 Å². The fourth-order valence-electron chi connectivity index (χ4n) is 3.04. The molecule has 1 heterocycles. The van der Waals surface area contributed by atoms with Gasteiger partial charge in [-0.25, -0.2) is 0 Å². The number of hydrogen-bond acceptors (Lipinski definition) is 2. The Bertz CT molecular complexity index is 460. The highest BCUT2D eigenvalue weighted by Gasteiger charge is 2.19. The summed E-state index contributed by atoms with van der Waals surface area (Å²) in [5, 5.41) is 3.40. The maximum atomic E-state index is 12.5. The summed E-state index contributed by atoms with van der Waals surface area (Å²) >= 11 is 0. The summed E-state index contributed by atoms with van der Waals surface area (Å²) in [5.41, 5.74) is 3.52. The first-order valence-corrected chi connectivity index (χ1v) is 7.77. The maximum absolute atomic E-state index is 12.5. The third-order valence-corrected chi connectivity index (χ3v) is 4.36. The number of benzene rings is 1. The van der Waals surface area contributed by atoms with Crippen molar-refractivity contribution in [1.29, 1.82) is 0 Å². The summed E-state index contributed by atoms with van der Waals surface area (Å²) in [5.74, 6) is 0.755. The first-order chi connectivity index (χ1) is 9.67. The predicted molar refractivity (Wildman–Crippen MR) is 83.3 cm³/mol. The molecule has 0 aromatic heterocycles. The molecule has 20 heavy (non-hydrogen) atoms. The van der Waals surface area contributed by atoms with E-state index in [1.165, 1.54) is 24.0 Å². The number of nitrogens with zero attached hydrogens (tertiary/aromatic N) is 1. The highest BCUT2D eigenvalue weighted by Crippen LogP contribution is 2.29. The Kier molecular flexibility index (Phi) is 5.18. The van der Waals surface area contributed by atoms with Crippen molar-refractivity contribution in [2.45, 2.75) is 39.5 Å². The van der Waals surface area contributed by atoms with Crippen molar-refractivity contribution in [2.24, 2.45) is 0 Å². The number of hydrogen-bond donors (Lipinski definition) is 1. The van der Waals surface area contributed by atoms with Crippen LogP contribution in [-0.2, 0) is 0 Å². The van der Waals surface area contributed by atoms with Crippen LogP contribution in [0.4, 0.5) is 0 Å². The molecule has 0 saturated carbocycles. The topological polar surface area (TPSA) is 32.3 Å². The zero-order valence-corrected chi connectivity index (χ0v) is 12.9. The van der Waals surface area contributed by atoms with E-state index in [4.69, 9.17) is 0 Å². The Hall–Kier alpha value is -1.35. The lowest BCUT2D eigenvalue weighted by Gasteiger charge is -2.25. The summed E-state index contributed by atoms with van der Waals surface area (Å²) in [6, 6.07) is 6.21. The fourth-order valence-corrected chi connectivity index (χ4v) is 3.04. The molecule has 0 unspecified atom stereocenters. The second-order valence-corrected chi connectivity index (χ2v) is 5.57. The van der Waals surface area contributed by atoms with Crippen molar-refractivity contribution < 1.29 is 4.79 Å². The SMILES string of the molecule is CCN(CC)C(=O)c1ccc(C)c(C2CCNCC2)c1. The molecule has 1 aromatic rings. The van der Waals surface area contributed by atoms with Crippen LogP contribution < -0.4 is 5.32 Å². The quantitative estimate of drug-likeness (QED) is 0.915. The van der Waals surface area contributed by atoms with E-state index in [0.717, 1.165) is 31.7 Å². The Morgan fingerprint density at radius 1 is 1.25 bits per heavy atom. The fraction of sp³-hybridized carbons (Fsp3) is 0.588. The second kappa shape index (κ2) is 6.89. The van der Waals surface area contributed by atoms with Crippen molar-refractivity contribution in [3.63, 3.8) is 0 Å². The molecular weight excluding hydrogens is 248 g/mol. The van der Waals surface area contributed by atoms with Gasteiger partial charge in [0.15, 0.2) is 0 Å². The zero-order valence-electron chi connectivity index (χ0n) is 12.9. The minimum absolute atomic E-state index is 0.158. The molecule has 1 amide bonds. The van der Waals surface area contributed by atoms with Gasteiger partial charge in [0, 0.05) is 18.7 Å². The van der Waals surface area contributed by atoms with Gasteiger partial charge in [-0.3, -0.25) is 4.79 Å². The number of rotatable bonds is 4. The number of piperidine rings is 1. The first-order valence-electron chi connectivity index (χ1n) is 7.77. The molecule has 0 radical (unpaired) electrons. The van der Waals surface area contributed by atoms with Crippen LogP contribution in [0.3, 0.4) is 0 Å². The van der Waals surface area contributed by atoms with Gasteiger partial charge in [0.05, 0.1) is 0 Å². The molecule has 1 aliphatic rings. The van der Waals surface area contributed by atoms with Gasteiger partial charge in [-0.2, -0.15) is 0 Å². The van der Waals surface area contributed by atoms with E-state index < -0.39 is 0 Å². The molecule has 1 aliphatic heterocycles. The van der Waals surface area contributed by atoms with Gasteiger partial charge in [0.2, 0.25) is 0 Å². The van der Waals surface area contributed by atoms with E-state index in [1.807, 2.05) is 24.8 Å². The Morgan fingerprint density at radius 2 is 1.90 bits per heavy atom. The van der Waals surface area contributed by atoms with Gasteiger partial charge in [0.1, 0.15) is 0 Å². The molecule has 0 aliphatic carbocycles. The van der Waals surface area contributed by atoms with E-state index >= 15 is 0 Å². The van der Waals surface area contributed by atoms with Gasteiger partial charge in [-0.05, 0) is 75.9 Å². The summed E-state index contributed by atoms with van der Waals surface area (Å²) < 4.78 is 0. The minimum Gasteiger partial charge on any atom is -0.339 e. The molecule has 1 N–H and O–H groups in total. The Morgan fingerprint density at radius 3 is 2.50 bits per heavy atom. The molecule has 0 bridgehead atoms. The van der Waals surface area contributed by atoms with Crippen molar-refractivity contribution >= 4 is 5.91 Å². The van der Waals surface area contributed by atoms with E-state index in [-0.39, 0.29) is 5.91 Å². The molecule has 3 nitrogen and oxygen atoms in total. The number of aryl methyl sites for hydroxylation is 1. The average Bonchev–Trinajstić information content (AvgIpc) is 2.49. The van der Waals surface area contributed by atoms with Gasteiger partial charge in [-0.1, -0.05) is 6.07 Å². The normalized spacial score (nSPS) is 16.1. The third kappa shape index (κ3) is 3.21. The van der Waals surface area contributed by atoms with Gasteiger partial charge >= 0.3 is 0 Å². The molecule has 2 rings (SSSR count). The van der Waals surface area contributed by atoms with Crippen LogP contribution in [0.15, 0.2) is 18.2 Å². The van der Waals surface area contributed by atoms with Crippen LogP contribution in [0.2, 0.25) is 0 Å². The number of carbonyl (C=O) groups excluding carboxylic acids is 1. The Balaban J connectivity index is 2.25. The lowest BCUT2D eigenvalue weighted by Crippen LogP contribution is -2.31. The van der Waals surface area contributed by atoms with Gasteiger partial charge in [-0.15, -0.1) is 0 Å². The minimum atomic E-state index is 0.158. The van der Waals surface area contributed by atoms with Gasteiger partial charge < -0.3 is 10.2 Å². The average molecular weight is 274 g/mol. The highest BCUT2D eigenvalue weighted by atomic mass is 16.2. The van der Waals surface area contributed by atoms with Crippen molar-refractivity contribution in [3.05, 3.63) is 34.9 Å². The first kappa shape index (κ1) is 15.0. The molecule has 0 spiro atoms. The lowest BCUT2D eigenvalue weighted by atomic mass is 9.86. The van der Waals surface area contributed by atoms with Crippen molar-refractivity contribution in [1.82, 2.24) is 10.2 Å². The summed E-state index contributed by atoms with van der Waals surface area (Å²) in [7, 11) is 0. The van der Waals surface area contributed by atoms with E-state index in [9.17, 15) is 4.79 Å². The lowest BCUT2D eigenvalue weighted by molar-refractivity contribution is 0.0773. The van der Waals surface area contributed by atoms with Crippen LogP contribution in [0.25, 0.3) is 0 Å². The van der Waals surface area contributed by atoms with Crippen LogP contribution in [-0.4, -0.2) is 37.0 Å². The standard InChI is InChI=1S/C17H26N2O/c1-4-19(5-2)17(20)15-7-6-13(3)16(12-15)14-8-10-18-11-9-14/h6-7,12,14,18H,4-5,8-11H2,1-3H3. The number of carbonyl (C=O) groups is 1. The summed E-state index contributed by atoms with van der Waals surface area (Å²) in [6.07, 6.45) is 2.34. The van der Waals surface area contributed by atoms with Crippen LogP contribution >= 0.6 is 0 Å². The smallest absolute Gasteiger partial charge is 0.253 e. The highest BCUT2D eigenvalue weighted by molar-refractivity contribution is 5.94. The molecular formula is C17H26N2O. The number of nitrogens with one attached hydrogen (secondary N) is 1. The second-order valence-electron chi connectivity index (χ2n) is 5.57. The van der Waals surface area contributed by atoms with E-state index in [1.54, 1.807) is 0 Å². The maximum Gasteiger partial charge on any atom is 0.253 e. The molecule has 3 heteroatoms. The number of amides is 1. The molecule has 1 saturated heterocycles. The van der Waals surface area contributed by atoms with Gasteiger partial charge in [0.25, 0.3) is 5.91 Å². The van der Waals surface area contributed by atoms with E-state index in [0.29, 0.717) is 5.92 Å². The largest absolute Gasteiger partial charge is 0.339 e. The molecule has 0 atom stereocenters.